The normalized spacial score (nSPS) is 11.1. The summed E-state index contributed by atoms with van der Waals surface area (Å²) in [5.41, 5.74) is 0. The van der Waals surface area contributed by atoms with Crippen molar-refractivity contribution in [2.24, 2.45) is 0 Å². The van der Waals surface area contributed by atoms with Gasteiger partial charge in [-0.15, -0.1) is 0 Å². The molecule has 1 heterocycles. The molecule has 1 aromatic rings. The van der Waals surface area contributed by atoms with E-state index in [2.05, 4.69) is 0 Å². The molecular weight excluding hydrogens is 208 g/mol. The van der Waals surface area contributed by atoms with Crippen LogP contribution in [0, 0.1) is 0 Å². The van der Waals surface area contributed by atoms with Gasteiger partial charge in [0.25, 0.3) is 0 Å². The summed E-state index contributed by atoms with van der Waals surface area (Å²) >= 11 is 0. The zero-order valence-electron chi connectivity index (χ0n) is 10.1. The highest BCUT2D eigenvalue weighted by molar-refractivity contribution is 5.86. The van der Waals surface area contributed by atoms with E-state index in [0.29, 0.717) is 12.4 Å². The molecule has 4 nitrogen and oxygen atoms in total. The van der Waals surface area contributed by atoms with Gasteiger partial charge in [-0.3, -0.25) is 0 Å². The van der Waals surface area contributed by atoms with E-state index in [1.165, 1.54) is 0 Å². The number of ether oxygens (including phenoxy) is 2. The first-order valence-corrected chi connectivity index (χ1v) is 5.40. The SMILES string of the molecule is CC(C)OCc1ccc(C(=O)OC(C)C)o1. The van der Waals surface area contributed by atoms with Crippen LogP contribution in [0.15, 0.2) is 16.5 Å². The highest BCUT2D eigenvalue weighted by atomic mass is 16.6. The Morgan fingerprint density at radius 3 is 2.50 bits per heavy atom. The highest BCUT2D eigenvalue weighted by Gasteiger charge is 2.14. The quantitative estimate of drug-likeness (QED) is 0.724. The second-order valence-corrected chi connectivity index (χ2v) is 4.08. The lowest BCUT2D eigenvalue weighted by molar-refractivity contribution is 0.0318. The van der Waals surface area contributed by atoms with Gasteiger partial charge in [0.1, 0.15) is 12.4 Å². The van der Waals surface area contributed by atoms with Crippen LogP contribution in [0.4, 0.5) is 0 Å². The molecule has 0 aliphatic rings. The zero-order chi connectivity index (χ0) is 12.1. The lowest BCUT2D eigenvalue weighted by atomic mass is 10.4. The molecule has 90 valence electrons. The van der Waals surface area contributed by atoms with Crippen LogP contribution in [0.2, 0.25) is 0 Å². The van der Waals surface area contributed by atoms with Gasteiger partial charge >= 0.3 is 5.97 Å². The summed E-state index contributed by atoms with van der Waals surface area (Å²) in [4.78, 5) is 11.4. The molecule has 0 aliphatic carbocycles. The average molecular weight is 226 g/mol. The van der Waals surface area contributed by atoms with Crippen molar-refractivity contribution in [3.63, 3.8) is 0 Å². The van der Waals surface area contributed by atoms with Crippen molar-refractivity contribution >= 4 is 5.97 Å². The first kappa shape index (κ1) is 12.8. The molecule has 16 heavy (non-hydrogen) atoms. The molecule has 0 spiro atoms. The van der Waals surface area contributed by atoms with Crippen LogP contribution < -0.4 is 0 Å². The van der Waals surface area contributed by atoms with Crippen LogP contribution in [0.5, 0.6) is 0 Å². The number of rotatable bonds is 5. The topological polar surface area (TPSA) is 48.7 Å². The Labute approximate surface area is 95.5 Å². The third-order valence-corrected chi connectivity index (χ3v) is 1.76. The molecule has 0 atom stereocenters. The molecule has 1 rings (SSSR count). The third-order valence-electron chi connectivity index (χ3n) is 1.76. The van der Waals surface area contributed by atoms with E-state index in [-0.39, 0.29) is 18.0 Å². The van der Waals surface area contributed by atoms with Crippen LogP contribution >= 0.6 is 0 Å². The Bertz CT molecular complexity index is 339. The maximum Gasteiger partial charge on any atom is 0.374 e. The predicted molar refractivity (Wildman–Crippen MR) is 59.2 cm³/mol. The molecule has 4 heteroatoms. The lowest BCUT2D eigenvalue weighted by Crippen LogP contribution is -2.10. The van der Waals surface area contributed by atoms with Crippen LogP contribution in [-0.2, 0) is 16.1 Å². The lowest BCUT2D eigenvalue weighted by Gasteiger charge is -2.06. The first-order chi connectivity index (χ1) is 7.49. The fraction of sp³-hybridized carbons (Fsp3) is 0.583. The zero-order valence-corrected chi connectivity index (χ0v) is 10.1. The van der Waals surface area contributed by atoms with E-state index in [0.717, 1.165) is 0 Å². The number of hydrogen-bond acceptors (Lipinski definition) is 4. The smallest absolute Gasteiger partial charge is 0.374 e. The maximum atomic E-state index is 11.4. The Morgan fingerprint density at radius 1 is 1.25 bits per heavy atom. The van der Waals surface area contributed by atoms with Gasteiger partial charge < -0.3 is 13.9 Å². The van der Waals surface area contributed by atoms with Crippen molar-refractivity contribution in [3.05, 3.63) is 23.7 Å². The van der Waals surface area contributed by atoms with Gasteiger partial charge in [-0.1, -0.05) is 0 Å². The van der Waals surface area contributed by atoms with Crippen LogP contribution in [0.3, 0.4) is 0 Å². The molecule has 0 bridgehead atoms. The molecule has 0 fully saturated rings. The van der Waals surface area contributed by atoms with E-state index in [4.69, 9.17) is 13.9 Å². The van der Waals surface area contributed by atoms with E-state index in [1.54, 1.807) is 26.0 Å². The minimum absolute atomic E-state index is 0.135. The molecule has 0 aliphatic heterocycles. The van der Waals surface area contributed by atoms with E-state index in [1.807, 2.05) is 13.8 Å². The molecule has 0 N–H and O–H groups in total. The summed E-state index contributed by atoms with van der Waals surface area (Å²) in [6.45, 7) is 7.84. The Morgan fingerprint density at radius 2 is 1.94 bits per heavy atom. The van der Waals surface area contributed by atoms with Crippen molar-refractivity contribution in [1.82, 2.24) is 0 Å². The number of carbonyl (C=O) groups is 1. The van der Waals surface area contributed by atoms with Crippen molar-refractivity contribution in [1.29, 1.82) is 0 Å². The minimum atomic E-state index is -0.439. The molecular formula is C12H18O4. The fourth-order valence-electron chi connectivity index (χ4n) is 1.09. The third kappa shape index (κ3) is 4.06. The number of carbonyl (C=O) groups excluding carboxylic acids is 1. The fourth-order valence-corrected chi connectivity index (χ4v) is 1.09. The van der Waals surface area contributed by atoms with Gasteiger partial charge in [0.2, 0.25) is 5.76 Å². The van der Waals surface area contributed by atoms with Crippen molar-refractivity contribution < 1.29 is 18.7 Å². The second kappa shape index (κ2) is 5.70. The van der Waals surface area contributed by atoms with E-state index in [9.17, 15) is 4.79 Å². The second-order valence-electron chi connectivity index (χ2n) is 4.08. The average Bonchev–Trinajstić information content (AvgIpc) is 2.61. The van der Waals surface area contributed by atoms with Gasteiger partial charge in [-0.05, 0) is 39.8 Å². The van der Waals surface area contributed by atoms with Crippen molar-refractivity contribution in [3.8, 4) is 0 Å². The molecule has 0 saturated carbocycles. The summed E-state index contributed by atoms with van der Waals surface area (Å²) in [6, 6.07) is 3.32. The van der Waals surface area contributed by atoms with Crippen LogP contribution in [0.1, 0.15) is 44.0 Å². The number of esters is 1. The van der Waals surface area contributed by atoms with E-state index >= 15 is 0 Å². The summed E-state index contributed by atoms with van der Waals surface area (Å²) in [7, 11) is 0. The Kier molecular flexibility index (Phi) is 4.55. The first-order valence-electron chi connectivity index (χ1n) is 5.40. The standard InChI is InChI=1S/C12H18O4/c1-8(2)14-7-10-5-6-11(16-10)12(13)15-9(3)4/h5-6,8-9H,7H2,1-4H3. The van der Waals surface area contributed by atoms with Crippen molar-refractivity contribution in [2.45, 2.75) is 46.5 Å². The van der Waals surface area contributed by atoms with Gasteiger partial charge in [0.05, 0.1) is 12.2 Å². The molecule has 0 saturated heterocycles. The highest BCUT2D eigenvalue weighted by Crippen LogP contribution is 2.12. The monoisotopic (exact) mass is 226 g/mol. The van der Waals surface area contributed by atoms with Gasteiger partial charge in [0, 0.05) is 0 Å². The van der Waals surface area contributed by atoms with Gasteiger partial charge in [-0.25, -0.2) is 4.79 Å². The van der Waals surface area contributed by atoms with Crippen LogP contribution in [-0.4, -0.2) is 18.2 Å². The number of hydrogen-bond donors (Lipinski definition) is 0. The van der Waals surface area contributed by atoms with Crippen molar-refractivity contribution in [2.75, 3.05) is 0 Å². The molecule has 0 radical (unpaired) electrons. The predicted octanol–water partition coefficient (Wildman–Crippen LogP) is 2.77. The largest absolute Gasteiger partial charge is 0.457 e. The Hall–Kier alpha value is -1.29. The molecule has 1 aromatic heterocycles. The summed E-state index contributed by atoms with van der Waals surface area (Å²) in [6.07, 6.45) is -0.0101. The molecule has 0 unspecified atom stereocenters. The van der Waals surface area contributed by atoms with Crippen LogP contribution in [0.25, 0.3) is 0 Å². The molecule has 0 aromatic carbocycles. The van der Waals surface area contributed by atoms with Gasteiger partial charge in [0.15, 0.2) is 0 Å². The van der Waals surface area contributed by atoms with E-state index < -0.39 is 5.97 Å². The minimum Gasteiger partial charge on any atom is -0.457 e. The number of furan rings is 1. The summed E-state index contributed by atoms with van der Waals surface area (Å²) in [5, 5.41) is 0. The summed E-state index contributed by atoms with van der Waals surface area (Å²) < 4.78 is 15.7. The van der Waals surface area contributed by atoms with Gasteiger partial charge in [-0.2, -0.15) is 0 Å². The maximum absolute atomic E-state index is 11.4. The Balaban J connectivity index is 2.54. The summed E-state index contributed by atoms with van der Waals surface area (Å²) in [5.74, 6) is 0.409. The molecule has 0 amide bonds.